The maximum Gasteiger partial charge on any atom is 0.407 e. The summed E-state index contributed by atoms with van der Waals surface area (Å²) in [7, 11) is 0. The first kappa shape index (κ1) is 15.4. The van der Waals surface area contributed by atoms with Crippen molar-refractivity contribution in [3.8, 4) is 0 Å². The third-order valence-electron chi connectivity index (χ3n) is 4.40. The van der Waals surface area contributed by atoms with Crippen LogP contribution in [0.3, 0.4) is 0 Å². The second-order valence-corrected chi connectivity index (χ2v) is 5.74. The Morgan fingerprint density at radius 3 is 2.30 bits per heavy atom. The number of hydrogen-bond donors (Lipinski definition) is 1. The molecule has 0 aliphatic heterocycles. The molecule has 0 bridgehead atoms. The molecule has 0 aromatic heterocycles. The molecule has 0 radical (unpaired) electrons. The van der Waals surface area contributed by atoms with Gasteiger partial charge >= 0.3 is 12.0 Å². The molecule has 3 aliphatic rings. The molecule has 0 fully saturated rings. The summed E-state index contributed by atoms with van der Waals surface area (Å²) in [5.74, 6) is -0.873. The first-order valence-corrected chi connectivity index (χ1v) is 7.77. The smallest absolute Gasteiger partial charge is 0.407 e. The van der Waals surface area contributed by atoms with Gasteiger partial charge in [-0.3, -0.25) is 4.79 Å². The van der Waals surface area contributed by atoms with E-state index >= 15 is 0 Å². The number of carbonyl (C=O) groups excluding carboxylic acids is 2. The lowest BCUT2D eigenvalue weighted by molar-refractivity contribution is -0.117. The van der Waals surface area contributed by atoms with Gasteiger partial charge < -0.3 is 10.1 Å². The fraction of sp³-hybridized carbons (Fsp3) is 0.412. The fourth-order valence-corrected chi connectivity index (χ4v) is 3.41. The zero-order valence-corrected chi connectivity index (χ0v) is 12.7. The Balaban J connectivity index is 1.66. The van der Waals surface area contributed by atoms with E-state index in [0.29, 0.717) is 0 Å². The number of amides is 2. The molecule has 0 atom stereocenters. The van der Waals surface area contributed by atoms with E-state index in [9.17, 15) is 14.5 Å². The lowest BCUT2D eigenvalue weighted by Gasteiger charge is -2.18. The van der Waals surface area contributed by atoms with Crippen LogP contribution in [0.15, 0.2) is 51.8 Å². The van der Waals surface area contributed by atoms with Crippen LogP contribution in [-0.4, -0.2) is 25.2 Å². The first-order valence-electron chi connectivity index (χ1n) is 7.77. The van der Waals surface area contributed by atoms with Crippen molar-refractivity contribution in [2.24, 2.45) is 11.1 Å². The molecule has 3 aliphatic carbocycles. The Morgan fingerprint density at radius 2 is 1.74 bits per heavy atom. The minimum atomic E-state index is -0.928. The van der Waals surface area contributed by atoms with Crippen LogP contribution in [0.2, 0.25) is 0 Å². The van der Waals surface area contributed by atoms with Gasteiger partial charge in [-0.1, -0.05) is 24.3 Å². The predicted molar refractivity (Wildman–Crippen MR) is 84.4 cm³/mol. The molecule has 1 N–H and O–H groups in total. The maximum atomic E-state index is 11.6. The lowest BCUT2D eigenvalue weighted by atomic mass is 9.92. The van der Waals surface area contributed by atoms with Gasteiger partial charge in [-0.2, -0.15) is 0 Å². The maximum absolute atomic E-state index is 11.6. The summed E-state index contributed by atoms with van der Waals surface area (Å²) < 4.78 is 5.24. The monoisotopic (exact) mass is 314 g/mol. The number of fused-ring (bicyclic) bond motifs is 1. The molecule has 0 spiro atoms. The van der Waals surface area contributed by atoms with E-state index in [1.54, 1.807) is 0 Å². The van der Waals surface area contributed by atoms with Crippen molar-refractivity contribution in [2.45, 2.75) is 25.7 Å². The topological polar surface area (TPSA) is 84.8 Å². The molecular weight excluding hydrogens is 296 g/mol. The van der Waals surface area contributed by atoms with Crippen LogP contribution in [0.4, 0.5) is 4.79 Å². The Hall–Kier alpha value is -2.50. The second-order valence-electron chi connectivity index (χ2n) is 5.74. The molecule has 0 saturated carbocycles. The van der Waals surface area contributed by atoms with Crippen molar-refractivity contribution in [3.05, 3.63) is 51.5 Å². The van der Waals surface area contributed by atoms with Gasteiger partial charge in [0.2, 0.25) is 0 Å². The molecule has 0 aromatic rings. The summed E-state index contributed by atoms with van der Waals surface area (Å²) in [6, 6.07) is 0. The van der Waals surface area contributed by atoms with E-state index in [0.717, 1.165) is 25.7 Å². The highest BCUT2D eigenvalue weighted by molar-refractivity contribution is 5.82. The zero-order valence-electron chi connectivity index (χ0n) is 12.7. The largest absolute Gasteiger partial charge is 0.449 e. The van der Waals surface area contributed by atoms with Crippen molar-refractivity contribution in [1.82, 2.24) is 5.32 Å². The molecule has 120 valence electrons. The van der Waals surface area contributed by atoms with E-state index in [1.165, 1.54) is 22.3 Å². The number of hydrogen-bond acceptors (Lipinski definition) is 4. The number of nitroso groups, excluding NO2 is 1. The zero-order chi connectivity index (χ0) is 16.2. The number of nitrogens with one attached hydrogen (secondary N) is 1. The van der Waals surface area contributed by atoms with Crippen LogP contribution < -0.4 is 5.32 Å². The van der Waals surface area contributed by atoms with Crippen molar-refractivity contribution >= 4 is 12.0 Å². The summed E-state index contributed by atoms with van der Waals surface area (Å²) in [5.41, 5.74) is 5.29. The van der Waals surface area contributed by atoms with E-state index in [4.69, 9.17) is 4.74 Å². The van der Waals surface area contributed by atoms with Gasteiger partial charge in [0.1, 0.15) is 13.2 Å². The van der Waals surface area contributed by atoms with Gasteiger partial charge in [0, 0.05) is 11.1 Å². The van der Waals surface area contributed by atoms with Gasteiger partial charge in [0.05, 0.1) is 0 Å². The van der Waals surface area contributed by atoms with Crippen LogP contribution in [0.25, 0.3) is 0 Å². The Labute approximate surface area is 133 Å². The molecule has 0 unspecified atom stereocenters. The lowest BCUT2D eigenvalue weighted by Crippen LogP contribution is -2.30. The van der Waals surface area contributed by atoms with E-state index in [2.05, 4.69) is 34.8 Å². The SMILES string of the molecule is O=NC(=O)CNC(=O)OCC1C2=C(CCC=C2)C2=C1C=CCC2. The standard InChI is InChI=1S/C17H18N2O4/c20-16(19-22)9-18-17(21)23-10-15-13-7-3-1-5-11(13)12-6-2-4-8-14(12)15/h3-4,7-8,15H,1-2,5-6,9-10H2,(H,18,21). The predicted octanol–water partition coefficient (Wildman–Crippen LogP) is 2.93. The number of carbonyl (C=O) groups is 2. The normalized spacial score (nSPS) is 19.5. The van der Waals surface area contributed by atoms with E-state index in [1.807, 2.05) is 0 Å². The molecule has 6 heteroatoms. The van der Waals surface area contributed by atoms with Crippen molar-refractivity contribution in [2.75, 3.05) is 13.2 Å². The molecule has 23 heavy (non-hydrogen) atoms. The summed E-state index contributed by atoms with van der Waals surface area (Å²) >= 11 is 0. The molecular formula is C17H18N2O4. The molecule has 0 aromatic carbocycles. The summed E-state index contributed by atoms with van der Waals surface area (Å²) in [5, 5.41) is 4.44. The Kier molecular flexibility index (Phi) is 4.50. The average molecular weight is 314 g/mol. The van der Waals surface area contributed by atoms with Crippen LogP contribution in [0, 0.1) is 10.8 Å². The van der Waals surface area contributed by atoms with Crippen LogP contribution >= 0.6 is 0 Å². The number of allylic oxidation sites excluding steroid dienone is 6. The first-order chi connectivity index (χ1) is 11.2. The molecule has 2 amide bonds. The van der Waals surface area contributed by atoms with Crippen molar-refractivity contribution in [1.29, 1.82) is 0 Å². The average Bonchev–Trinajstić information content (AvgIpc) is 2.92. The van der Waals surface area contributed by atoms with Gasteiger partial charge in [-0.15, -0.1) is 4.91 Å². The molecule has 6 nitrogen and oxygen atoms in total. The van der Waals surface area contributed by atoms with Gasteiger partial charge in [0.15, 0.2) is 0 Å². The van der Waals surface area contributed by atoms with Crippen LogP contribution in [0.1, 0.15) is 25.7 Å². The summed E-state index contributed by atoms with van der Waals surface area (Å²) in [6.45, 7) is -0.213. The minimum Gasteiger partial charge on any atom is -0.449 e. The van der Waals surface area contributed by atoms with Gasteiger partial charge in [-0.25, -0.2) is 4.79 Å². The molecule has 0 saturated heterocycles. The number of rotatable bonds is 4. The van der Waals surface area contributed by atoms with Crippen LogP contribution in [-0.2, 0) is 9.53 Å². The van der Waals surface area contributed by atoms with Crippen molar-refractivity contribution in [3.63, 3.8) is 0 Å². The van der Waals surface area contributed by atoms with Gasteiger partial charge in [0.25, 0.3) is 0 Å². The third kappa shape index (κ3) is 3.16. The van der Waals surface area contributed by atoms with Gasteiger partial charge in [-0.05, 0) is 48.0 Å². The summed E-state index contributed by atoms with van der Waals surface area (Å²) in [6.07, 6.45) is 12.1. The fourth-order valence-electron chi connectivity index (χ4n) is 3.41. The number of ether oxygens (including phenoxy) is 1. The number of alkyl carbamates (subject to hydrolysis) is 1. The van der Waals surface area contributed by atoms with E-state index in [-0.39, 0.29) is 12.5 Å². The van der Waals surface area contributed by atoms with E-state index < -0.39 is 18.5 Å². The van der Waals surface area contributed by atoms with Crippen molar-refractivity contribution < 1.29 is 14.3 Å². The molecule has 0 heterocycles. The Morgan fingerprint density at radius 1 is 1.13 bits per heavy atom. The highest BCUT2D eigenvalue weighted by atomic mass is 16.5. The number of nitrogens with zero attached hydrogens (tertiary/aromatic N) is 1. The minimum absolute atomic E-state index is 0.0544. The Bertz CT molecular complexity index is 632. The highest BCUT2D eigenvalue weighted by Gasteiger charge is 2.33. The molecule has 3 rings (SSSR count). The third-order valence-corrected chi connectivity index (χ3v) is 4.40. The van der Waals surface area contributed by atoms with Crippen LogP contribution in [0.5, 0.6) is 0 Å². The summed E-state index contributed by atoms with van der Waals surface area (Å²) in [4.78, 5) is 32.4. The second kappa shape index (κ2) is 6.73. The quantitative estimate of drug-likeness (QED) is 0.808. The highest BCUT2D eigenvalue weighted by Crippen LogP contribution is 2.46.